The molecule has 0 radical (unpaired) electrons. The lowest BCUT2D eigenvalue weighted by atomic mass is 9.99. The standard InChI is InChI=1S/C21H20BrN2O3P/c1-24(28(25,26)27-20-7-3-2-4-8-20)15-13-21(18-6-5-14-23-16-18)17-9-11-19(22)12-10-17/h2-14,16H,15H2,1H3,(H,25,26)/b21-13+. The number of likely N-dealkylation sites (N-methyl/N-ethyl adjacent to an activating group) is 1. The third-order valence-corrected chi connectivity index (χ3v) is 6.09. The van der Waals surface area contributed by atoms with Crippen LogP contribution >= 0.6 is 23.7 Å². The maximum absolute atomic E-state index is 12.6. The number of rotatable bonds is 7. The van der Waals surface area contributed by atoms with Gasteiger partial charge in [-0.2, -0.15) is 4.67 Å². The van der Waals surface area contributed by atoms with Gasteiger partial charge in [0.1, 0.15) is 5.75 Å². The molecular formula is C21H20BrN2O3P. The van der Waals surface area contributed by atoms with E-state index >= 15 is 0 Å². The van der Waals surface area contributed by atoms with Crippen molar-refractivity contribution in [2.75, 3.05) is 13.6 Å². The second-order valence-electron chi connectivity index (χ2n) is 6.10. The highest BCUT2D eigenvalue weighted by Gasteiger charge is 2.27. The molecule has 1 aromatic heterocycles. The van der Waals surface area contributed by atoms with Crippen LogP contribution in [0.5, 0.6) is 5.75 Å². The zero-order valence-corrected chi connectivity index (χ0v) is 17.8. The van der Waals surface area contributed by atoms with Crippen LogP contribution in [0.2, 0.25) is 0 Å². The second-order valence-corrected chi connectivity index (χ2v) is 8.86. The number of para-hydroxylation sites is 1. The SMILES string of the molecule is CN(C/C=C(\c1ccc(Br)cc1)c1cccnc1)P(=O)(O)Oc1ccccc1. The Labute approximate surface area is 173 Å². The fourth-order valence-electron chi connectivity index (χ4n) is 2.57. The number of hydrogen-bond donors (Lipinski definition) is 1. The van der Waals surface area contributed by atoms with Gasteiger partial charge < -0.3 is 9.42 Å². The van der Waals surface area contributed by atoms with Gasteiger partial charge in [0.25, 0.3) is 0 Å². The van der Waals surface area contributed by atoms with E-state index in [2.05, 4.69) is 20.9 Å². The van der Waals surface area contributed by atoms with Crippen LogP contribution in [-0.4, -0.2) is 28.1 Å². The topological polar surface area (TPSA) is 62.7 Å². The molecular weight excluding hydrogens is 439 g/mol. The lowest BCUT2D eigenvalue weighted by molar-refractivity contribution is 0.309. The molecule has 5 nitrogen and oxygen atoms in total. The first-order chi connectivity index (χ1) is 13.5. The summed E-state index contributed by atoms with van der Waals surface area (Å²) in [4.78, 5) is 14.5. The van der Waals surface area contributed by atoms with Crippen LogP contribution in [0.4, 0.5) is 0 Å². The largest absolute Gasteiger partial charge is 0.458 e. The van der Waals surface area contributed by atoms with Crippen molar-refractivity contribution in [2.45, 2.75) is 0 Å². The van der Waals surface area contributed by atoms with Crippen molar-refractivity contribution in [3.63, 3.8) is 0 Å². The van der Waals surface area contributed by atoms with Gasteiger partial charge in [0.15, 0.2) is 0 Å². The molecule has 0 fully saturated rings. The minimum Gasteiger partial charge on any atom is -0.413 e. The number of nitrogens with zero attached hydrogens (tertiary/aromatic N) is 2. The smallest absolute Gasteiger partial charge is 0.413 e. The highest BCUT2D eigenvalue weighted by molar-refractivity contribution is 9.10. The van der Waals surface area contributed by atoms with Gasteiger partial charge in [-0.15, -0.1) is 0 Å². The lowest BCUT2D eigenvalue weighted by Crippen LogP contribution is -2.18. The maximum atomic E-state index is 12.6. The molecule has 0 aliphatic rings. The molecule has 0 amide bonds. The maximum Gasteiger partial charge on any atom is 0.458 e. The zero-order chi connectivity index (χ0) is 20.0. The Morgan fingerprint density at radius 3 is 2.46 bits per heavy atom. The van der Waals surface area contributed by atoms with Crippen LogP contribution in [0.3, 0.4) is 0 Å². The van der Waals surface area contributed by atoms with Crippen molar-refractivity contribution in [3.05, 3.63) is 101 Å². The van der Waals surface area contributed by atoms with E-state index in [-0.39, 0.29) is 6.54 Å². The molecule has 0 spiro atoms. The van der Waals surface area contributed by atoms with Gasteiger partial charge in [-0.3, -0.25) is 4.98 Å². The number of benzene rings is 2. The first-order valence-electron chi connectivity index (χ1n) is 8.61. The summed E-state index contributed by atoms with van der Waals surface area (Å²) < 4.78 is 20.2. The molecule has 3 aromatic rings. The highest BCUT2D eigenvalue weighted by atomic mass is 79.9. The first kappa shape index (κ1) is 20.5. The minimum atomic E-state index is -3.99. The minimum absolute atomic E-state index is 0.223. The van der Waals surface area contributed by atoms with Crippen LogP contribution in [-0.2, 0) is 4.57 Å². The van der Waals surface area contributed by atoms with Crippen molar-refractivity contribution in [2.24, 2.45) is 0 Å². The number of halogens is 1. The summed E-state index contributed by atoms with van der Waals surface area (Å²) in [6.45, 7) is 0.223. The predicted octanol–water partition coefficient (Wildman–Crippen LogP) is 5.39. The van der Waals surface area contributed by atoms with Gasteiger partial charge in [-0.1, -0.05) is 58.4 Å². The number of aromatic nitrogens is 1. The molecule has 3 rings (SSSR count). The Hall–Kier alpha value is -2.24. The van der Waals surface area contributed by atoms with Crippen molar-refractivity contribution in [1.82, 2.24) is 9.65 Å². The molecule has 2 aromatic carbocycles. The monoisotopic (exact) mass is 458 g/mol. The highest BCUT2D eigenvalue weighted by Crippen LogP contribution is 2.45. The zero-order valence-electron chi connectivity index (χ0n) is 15.3. The Morgan fingerprint density at radius 2 is 1.82 bits per heavy atom. The van der Waals surface area contributed by atoms with Gasteiger partial charge in [0.05, 0.1) is 0 Å². The van der Waals surface area contributed by atoms with E-state index in [9.17, 15) is 9.46 Å². The van der Waals surface area contributed by atoms with Crippen LogP contribution in [0.15, 0.2) is 89.7 Å². The van der Waals surface area contributed by atoms with E-state index in [4.69, 9.17) is 4.52 Å². The molecule has 1 atom stereocenters. The fourth-order valence-corrected chi connectivity index (χ4v) is 3.66. The Morgan fingerprint density at radius 1 is 1.11 bits per heavy atom. The molecule has 0 saturated heterocycles. The van der Waals surface area contributed by atoms with Gasteiger partial charge in [-0.25, -0.2) is 4.57 Å². The molecule has 28 heavy (non-hydrogen) atoms. The Balaban J connectivity index is 1.84. The van der Waals surface area contributed by atoms with E-state index in [1.807, 2.05) is 48.5 Å². The molecule has 0 aliphatic carbocycles. The Kier molecular flexibility index (Phi) is 6.81. The summed E-state index contributed by atoms with van der Waals surface area (Å²) in [5.41, 5.74) is 2.84. The summed E-state index contributed by atoms with van der Waals surface area (Å²) in [6.07, 6.45) is 5.38. The summed E-state index contributed by atoms with van der Waals surface area (Å²) in [5, 5.41) is 0. The fraction of sp³-hybridized carbons (Fsp3) is 0.0952. The van der Waals surface area contributed by atoms with E-state index < -0.39 is 7.75 Å². The summed E-state index contributed by atoms with van der Waals surface area (Å²) in [6, 6.07) is 20.3. The number of hydrogen-bond acceptors (Lipinski definition) is 3. The molecule has 0 saturated carbocycles. The van der Waals surface area contributed by atoms with Crippen molar-refractivity contribution in [3.8, 4) is 5.75 Å². The Bertz CT molecular complexity index is 980. The molecule has 1 heterocycles. The van der Waals surface area contributed by atoms with Crippen molar-refractivity contribution in [1.29, 1.82) is 0 Å². The van der Waals surface area contributed by atoms with Crippen LogP contribution < -0.4 is 4.52 Å². The van der Waals surface area contributed by atoms with E-state index in [0.717, 1.165) is 21.2 Å². The third-order valence-electron chi connectivity index (χ3n) is 4.09. The summed E-state index contributed by atoms with van der Waals surface area (Å²) in [7, 11) is -2.43. The van der Waals surface area contributed by atoms with Gasteiger partial charge >= 0.3 is 7.75 Å². The summed E-state index contributed by atoms with van der Waals surface area (Å²) in [5.74, 6) is 0.351. The molecule has 1 N–H and O–H groups in total. The van der Waals surface area contributed by atoms with Crippen molar-refractivity contribution >= 4 is 29.2 Å². The van der Waals surface area contributed by atoms with Gasteiger partial charge in [0, 0.05) is 29.0 Å². The van der Waals surface area contributed by atoms with Crippen molar-refractivity contribution < 1.29 is 14.0 Å². The molecule has 7 heteroatoms. The van der Waals surface area contributed by atoms with Crippen LogP contribution in [0.1, 0.15) is 11.1 Å². The molecule has 1 unspecified atom stereocenters. The molecule has 0 bridgehead atoms. The average Bonchev–Trinajstić information content (AvgIpc) is 2.70. The van der Waals surface area contributed by atoms with Gasteiger partial charge in [0.2, 0.25) is 0 Å². The number of pyridine rings is 1. The van der Waals surface area contributed by atoms with E-state index in [1.165, 1.54) is 4.67 Å². The van der Waals surface area contributed by atoms with Gasteiger partial charge in [-0.05, 0) is 48.5 Å². The average molecular weight is 459 g/mol. The first-order valence-corrected chi connectivity index (χ1v) is 10.9. The molecule has 144 valence electrons. The van der Waals surface area contributed by atoms with E-state index in [1.54, 1.807) is 43.7 Å². The molecule has 0 aliphatic heterocycles. The quantitative estimate of drug-likeness (QED) is 0.481. The summed E-state index contributed by atoms with van der Waals surface area (Å²) >= 11 is 3.44. The lowest BCUT2D eigenvalue weighted by Gasteiger charge is -2.22. The van der Waals surface area contributed by atoms with Crippen LogP contribution in [0, 0.1) is 0 Å². The normalized spacial score (nSPS) is 13.9. The van der Waals surface area contributed by atoms with Crippen LogP contribution in [0.25, 0.3) is 5.57 Å². The van der Waals surface area contributed by atoms with E-state index in [0.29, 0.717) is 5.75 Å². The third kappa shape index (κ3) is 5.40. The second kappa shape index (κ2) is 9.30. The predicted molar refractivity (Wildman–Crippen MR) is 115 cm³/mol.